The number of hydrogen-bond acceptors (Lipinski definition) is 4. The smallest absolute Gasteiger partial charge is 0.258 e. The summed E-state index contributed by atoms with van der Waals surface area (Å²) in [6, 6.07) is 4.78. The van der Waals surface area contributed by atoms with Crippen LogP contribution in [0.2, 0.25) is 0 Å². The zero-order valence-corrected chi connectivity index (χ0v) is 10.1. The predicted octanol–water partition coefficient (Wildman–Crippen LogP) is 1.19. The van der Waals surface area contributed by atoms with Crippen molar-refractivity contribution in [3.63, 3.8) is 0 Å². The van der Waals surface area contributed by atoms with Crippen molar-refractivity contribution in [1.29, 1.82) is 0 Å². The Kier molecular flexibility index (Phi) is 5.44. The number of rotatable bonds is 7. The van der Waals surface area contributed by atoms with Crippen LogP contribution in [0.3, 0.4) is 0 Å². The van der Waals surface area contributed by atoms with Gasteiger partial charge in [-0.25, -0.2) is 0 Å². The average molecular weight is 249 g/mol. The summed E-state index contributed by atoms with van der Waals surface area (Å²) in [6.07, 6.45) is 2.23. The standard InChI is InChI=1S/C13H15NO4/c1-3-6-14-13(16)9-18-12-7-11(17-2)5-4-10(12)8-15/h3-5,7-8H,1,6,9H2,2H3,(H,14,16). The van der Waals surface area contributed by atoms with Gasteiger partial charge in [-0.15, -0.1) is 6.58 Å². The van der Waals surface area contributed by atoms with Crippen LogP contribution in [0.15, 0.2) is 30.9 Å². The van der Waals surface area contributed by atoms with Crippen LogP contribution in [0, 0.1) is 0 Å². The Balaban J connectivity index is 2.67. The number of methoxy groups -OCH3 is 1. The van der Waals surface area contributed by atoms with Crippen molar-refractivity contribution in [2.75, 3.05) is 20.3 Å². The van der Waals surface area contributed by atoms with Crippen molar-refractivity contribution in [1.82, 2.24) is 5.32 Å². The van der Waals surface area contributed by atoms with Gasteiger partial charge in [-0.3, -0.25) is 9.59 Å². The molecule has 0 heterocycles. The lowest BCUT2D eigenvalue weighted by Crippen LogP contribution is -2.28. The molecule has 1 rings (SSSR count). The fourth-order valence-electron chi connectivity index (χ4n) is 1.24. The summed E-state index contributed by atoms with van der Waals surface area (Å²) in [6.45, 7) is 3.69. The molecule has 0 unspecified atom stereocenters. The van der Waals surface area contributed by atoms with E-state index in [1.807, 2.05) is 0 Å². The molecule has 5 heteroatoms. The van der Waals surface area contributed by atoms with Crippen LogP contribution < -0.4 is 14.8 Å². The van der Waals surface area contributed by atoms with Crippen molar-refractivity contribution in [3.8, 4) is 11.5 Å². The summed E-state index contributed by atoms with van der Waals surface area (Å²) in [4.78, 5) is 22.1. The molecule has 1 amide bonds. The third kappa shape index (κ3) is 3.93. The second-order valence-electron chi connectivity index (χ2n) is 3.40. The molecule has 0 spiro atoms. The maximum absolute atomic E-state index is 11.3. The molecule has 18 heavy (non-hydrogen) atoms. The highest BCUT2D eigenvalue weighted by molar-refractivity contribution is 5.81. The van der Waals surface area contributed by atoms with Crippen molar-refractivity contribution in [2.45, 2.75) is 0 Å². The van der Waals surface area contributed by atoms with Gasteiger partial charge in [-0.1, -0.05) is 6.08 Å². The topological polar surface area (TPSA) is 64.6 Å². The number of benzene rings is 1. The molecule has 0 radical (unpaired) electrons. The summed E-state index contributed by atoms with van der Waals surface area (Å²) in [5.41, 5.74) is 0.368. The number of hydrogen-bond donors (Lipinski definition) is 1. The number of carbonyl (C=O) groups excluding carboxylic acids is 2. The molecule has 0 aliphatic rings. The Labute approximate surface area is 105 Å². The van der Waals surface area contributed by atoms with E-state index in [1.54, 1.807) is 24.3 Å². The number of amides is 1. The van der Waals surface area contributed by atoms with E-state index in [1.165, 1.54) is 7.11 Å². The maximum Gasteiger partial charge on any atom is 0.258 e. The van der Waals surface area contributed by atoms with Crippen LogP contribution in [0.4, 0.5) is 0 Å². The van der Waals surface area contributed by atoms with Gasteiger partial charge in [0, 0.05) is 12.6 Å². The summed E-state index contributed by atoms with van der Waals surface area (Å²) in [5, 5.41) is 2.57. The van der Waals surface area contributed by atoms with Gasteiger partial charge in [0.15, 0.2) is 12.9 Å². The molecule has 0 saturated carbocycles. The van der Waals surface area contributed by atoms with Gasteiger partial charge in [0.05, 0.1) is 12.7 Å². The van der Waals surface area contributed by atoms with Crippen molar-refractivity contribution in [2.24, 2.45) is 0 Å². The Morgan fingerprint density at radius 2 is 2.28 bits per heavy atom. The minimum Gasteiger partial charge on any atom is -0.497 e. The van der Waals surface area contributed by atoms with E-state index in [0.717, 1.165) is 0 Å². The molecule has 1 aromatic rings. The first-order chi connectivity index (χ1) is 8.71. The van der Waals surface area contributed by atoms with Gasteiger partial charge < -0.3 is 14.8 Å². The van der Waals surface area contributed by atoms with Gasteiger partial charge in [-0.05, 0) is 12.1 Å². The highest BCUT2D eigenvalue weighted by Crippen LogP contribution is 2.23. The molecule has 0 aromatic heterocycles. The monoisotopic (exact) mass is 249 g/mol. The zero-order chi connectivity index (χ0) is 13.4. The average Bonchev–Trinajstić information content (AvgIpc) is 2.42. The highest BCUT2D eigenvalue weighted by Gasteiger charge is 2.07. The quantitative estimate of drug-likeness (QED) is 0.582. The third-order valence-electron chi connectivity index (χ3n) is 2.15. The van der Waals surface area contributed by atoms with Crippen LogP contribution in [0.5, 0.6) is 11.5 Å². The Morgan fingerprint density at radius 3 is 2.89 bits per heavy atom. The molecule has 0 saturated heterocycles. The number of aldehydes is 1. The Bertz CT molecular complexity index is 443. The molecule has 0 bridgehead atoms. The molecule has 5 nitrogen and oxygen atoms in total. The van der Waals surface area contributed by atoms with Crippen molar-refractivity contribution < 1.29 is 19.1 Å². The van der Waals surface area contributed by atoms with Gasteiger partial charge in [0.1, 0.15) is 11.5 Å². The molecule has 0 aliphatic heterocycles. The van der Waals surface area contributed by atoms with Gasteiger partial charge >= 0.3 is 0 Å². The molecule has 96 valence electrons. The minimum atomic E-state index is -0.283. The third-order valence-corrected chi connectivity index (χ3v) is 2.15. The number of nitrogens with one attached hydrogen (secondary N) is 1. The maximum atomic E-state index is 11.3. The minimum absolute atomic E-state index is 0.165. The normalized spacial score (nSPS) is 9.39. The second-order valence-corrected chi connectivity index (χ2v) is 3.40. The molecule has 0 aliphatic carbocycles. The van der Waals surface area contributed by atoms with E-state index in [9.17, 15) is 9.59 Å². The molecule has 1 N–H and O–H groups in total. The van der Waals surface area contributed by atoms with Crippen molar-refractivity contribution >= 4 is 12.2 Å². The van der Waals surface area contributed by atoms with Crippen LogP contribution in [0.1, 0.15) is 10.4 Å². The zero-order valence-electron chi connectivity index (χ0n) is 10.1. The van der Waals surface area contributed by atoms with E-state index >= 15 is 0 Å². The Hall–Kier alpha value is -2.30. The number of ether oxygens (including phenoxy) is 2. The molecule has 1 aromatic carbocycles. The lowest BCUT2D eigenvalue weighted by Gasteiger charge is -2.09. The molecule has 0 atom stereocenters. The lowest BCUT2D eigenvalue weighted by atomic mass is 10.2. The van der Waals surface area contributed by atoms with E-state index in [2.05, 4.69) is 11.9 Å². The van der Waals surface area contributed by atoms with Crippen LogP contribution in [-0.4, -0.2) is 32.5 Å². The predicted molar refractivity (Wildman–Crippen MR) is 67.1 cm³/mol. The van der Waals surface area contributed by atoms with Crippen molar-refractivity contribution in [3.05, 3.63) is 36.4 Å². The van der Waals surface area contributed by atoms with Gasteiger partial charge in [0.2, 0.25) is 0 Å². The van der Waals surface area contributed by atoms with Crippen LogP contribution >= 0.6 is 0 Å². The lowest BCUT2D eigenvalue weighted by molar-refractivity contribution is -0.122. The van der Waals surface area contributed by atoms with E-state index < -0.39 is 0 Å². The second kappa shape index (κ2) is 7.11. The van der Waals surface area contributed by atoms with E-state index in [4.69, 9.17) is 9.47 Å². The SMILES string of the molecule is C=CCNC(=O)COc1cc(OC)ccc1C=O. The largest absolute Gasteiger partial charge is 0.497 e. The van der Waals surface area contributed by atoms with Crippen LogP contribution in [-0.2, 0) is 4.79 Å². The van der Waals surface area contributed by atoms with Gasteiger partial charge in [-0.2, -0.15) is 0 Å². The van der Waals surface area contributed by atoms with E-state index in [-0.39, 0.29) is 12.5 Å². The van der Waals surface area contributed by atoms with Crippen LogP contribution in [0.25, 0.3) is 0 Å². The van der Waals surface area contributed by atoms with E-state index in [0.29, 0.717) is 29.9 Å². The fraction of sp³-hybridized carbons (Fsp3) is 0.231. The first-order valence-corrected chi connectivity index (χ1v) is 5.35. The fourth-order valence-corrected chi connectivity index (χ4v) is 1.24. The molecular formula is C13H15NO4. The molecular weight excluding hydrogens is 234 g/mol. The number of carbonyl (C=O) groups is 2. The summed E-state index contributed by atoms with van der Waals surface area (Å²) in [7, 11) is 1.51. The highest BCUT2D eigenvalue weighted by atomic mass is 16.5. The summed E-state index contributed by atoms with van der Waals surface area (Å²) < 4.78 is 10.3. The first-order valence-electron chi connectivity index (χ1n) is 5.35. The Morgan fingerprint density at radius 1 is 1.50 bits per heavy atom. The van der Waals surface area contributed by atoms with Gasteiger partial charge in [0.25, 0.3) is 5.91 Å². The molecule has 0 fully saturated rings. The summed E-state index contributed by atoms with van der Waals surface area (Å²) in [5.74, 6) is 0.592. The first kappa shape index (κ1) is 13.8. The summed E-state index contributed by atoms with van der Waals surface area (Å²) >= 11 is 0.